The molecule has 6 amide bonds. The molecule has 14 nitrogen and oxygen atoms in total. The molecule has 6 rings (SSSR count). The number of allylic oxidation sites excluding steroid dienone is 1. The Balaban J connectivity index is 1.25. The zero-order valence-corrected chi connectivity index (χ0v) is 30.8. The van der Waals surface area contributed by atoms with Crippen LogP contribution in [0.2, 0.25) is 0 Å². The summed E-state index contributed by atoms with van der Waals surface area (Å²) < 4.78 is 48.0. The molecule has 3 heterocycles. The molecule has 5 atom stereocenters. The molecule has 0 spiro atoms. The van der Waals surface area contributed by atoms with Crippen molar-refractivity contribution in [3.63, 3.8) is 0 Å². The Bertz CT molecular complexity index is 1730. The Morgan fingerprint density at radius 2 is 1.88 bits per heavy atom. The highest BCUT2D eigenvalue weighted by Crippen LogP contribution is 2.46. The lowest BCUT2D eigenvalue weighted by Crippen LogP contribution is -2.58. The van der Waals surface area contributed by atoms with E-state index in [1.54, 1.807) is 19.2 Å². The van der Waals surface area contributed by atoms with Gasteiger partial charge in [0.25, 0.3) is 5.91 Å². The second kappa shape index (κ2) is 15.0. The van der Waals surface area contributed by atoms with E-state index in [9.17, 15) is 36.8 Å². The predicted molar refractivity (Wildman–Crippen MR) is 187 cm³/mol. The predicted octanol–water partition coefficient (Wildman–Crippen LogP) is 2.92. The molecule has 3 N–H and O–H groups in total. The maximum atomic E-state index is 14.4. The topological polar surface area (TPSA) is 175 Å². The van der Waals surface area contributed by atoms with Crippen molar-refractivity contribution in [3.05, 3.63) is 47.3 Å². The lowest BCUT2D eigenvalue weighted by atomic mass is 10.0. The highest BCUT2D eigenvalue weighted by Gasteiger charge is 2.62. The summed E-state index contributed by atoms with van der Waals surface area (Å²) in [6.45, 7) is 4.38. The van der Waals surface area contributed by atoms with Crippen LogP contribution in [-0.4, -0.2) is 102 Å². The van der Waals surface area contributed by atoms with Crippen LogP contribution in [0, 0.1) is 17.7 Å². The van der Waals surface area contributed by atoms with Crippen molar-refractivity contribution in [2.45, 2.75) is 114 Å². The van der Waals surface area contributed by atoms with Gasteiger partial charge in [0.1, 0.15) is 29.5 Å². The van der Waals surface area contributed by atoms with Gasteiger partial charge in [-0.1, -0.05) is 51.0 Å². The monoisotopic (exact) mass is 744 g/mol. The average molecular weight is 745 g/mol. The fourth-order valence-corrected chi connectivity index (χ4v) is 8.83. The highest BCUT2D eigenvalue weighted by molar-refractivity contribution is 7.91. The largest absolute Gasteiger partial charge is 0.444 e. The average Bonchev–Trinajstić information content (AvgIpc) is 3.97. The molecule has 1 aromatic carbocycles. The summed E-state index contributed by atoms with van der Waals surface area (Å²) in [7, 11) is -2.27. The third-order valence-electron chi connectivity index (χ3n) is 10.6. The van der Waals surface area contributed by atoms with Crippen LogP contribution in [0.3, 0.4) is 0 Å². The first kappa shape index (κ1) is 37.5. The van der Waals surface area contributed by atoms with Crippen LogP contribution < -0.4 is 15.4 Å². The fourth-order valence-electron chi connectivity index (χ4n) is 7.46. The SMILES string of the molecule is CC(C)CN(C)C(=O)N[C@H]1CCCCC/C=C\[C@@H]2C[C@@]2(C(=O)NS(=O)(=O)C2CC2)NC(=O)[C@@H]2C[C@@H](OC(=O)N3Cc4cccc(F)c4C3)CN2C1=O. The first-order chi connectivity index (χ1) is 24.7. The molecule has 284 valence electrons. The van der Waals surface area contributed by atoms with E-state index in [4.69, 9.17) is 4.74 Å². The van der Waals surface area contributed by atoms with Gasteiger partial charge in [0.05, 0.1) is 18.3 Å². The van der Waals surface area contributed by atoms with Gasteiger partial charge in [0.2, 0.25) is 21.8 Å². The maximum absolute atomic E-state index is 14.4. The lowest BCUT2D eigenvalue weighted by molar-refractivity contribution is -0.141. The summed E-state index contributed by atoms with van der Waals surface area (Å²) in [5.74, 6) is -2.76. The van der Waals surface area contributed by atoms with Gasteiger partial charge in [-0.3, -0.25) is 24.0 Å². The summed E-state index contributed by atoms with van der Waals surface area (Å²) in [6, 6.07) is 2.00. The summed E-state index contributed by atoms with van der Waals surface area (Å²) in [4.78, 5) is 73.0. The Labute approximate surface area is 303 Å². The van der Waals surface area contributed by atoms with Crippen molar-refractivity contribution in [1.29, 1.82) is 0 Å². The number of ether oxygens (including phenoxy) is 1. The number of fused-ring (bicyclic) bond motifs is 3. The molecule has 0 bridgehead atoms. The number of urea groups is 1. The summed E-state index contributed by atoms with van der Waals surface area (Å²) in [5.41, 5.74) is -0.487. The van der Waals surface area contributed by atoms with Gasteiger partial charge in [-0.15, -0.1) is 0 Å². The van der Waals surface area contributed by atoms with Crippen molar-refractivity contribution in [1.82, 2.24) is 30.1 Å². The number of rotatable bonds is 7. The Hall–Kier alpha value is -4.21. The number of carbonyl (C=O) groups is 5. The van der Waals surface area contributed by atoms with Gasteiger partial charge in [0.15, 0.2) is 0 Å². The van der Waals surface area contributed by atoms with Crippen LogP contribution in [0.1, 0.15) is 82.8 Å². The first-order valence-corrected chi connectivity index (χ1v) is 19.8. The van der Waals surface area contributed by atoms with E-state index in [0.29, 0.717) is 49.8 Å². The van der Waals surface area contributed by atoms with Crippen molar-refractivity contribution in [2.75, 3.05) is 20.1 Å². The second-order valence-electron chi connectivity index (χ2n) is 15.3. The molecule has 0 unspecified atom stereocenters. The highest BCUT2D eigenvalue weighted by atomic mass is 32.2. The smallest absolute Gasteiger partial charge is 0.410 e. The first-order valence-electron chi connectivity index (χ1n) is 18.3. The third kappa shape index (κ3) is 8.21. The summed E-state index contributed by atoms with van der Waals surface area (Å²) >= 11 is 0. The second-order valence-corrected chi connectivity index (χ2v) is 17.2. The molecule has 16 heteroatoms. The number of benzene rings is 1. The number of amides is 6. The molecule has 1 aromatic rings. The van der Waals surface area contributed by atoms with E-state index in [1.165, 1.54) is 20.8 Å². The van der Waals surface area contributed by atoms with Crippen molar-refractivity contribution >= 4 is 39.9 Å². The molecule has 1 saturated heterocycles. The minimum atomic E-state index is -3.91. The molecule has 3 aliphatic heterocycles. The van der Waals surface area contributed by atoms with Crippen LogP contribution in [-0.2, 0) is 42.2 Å². The molecule has 5 aliphatic rings. The van der Waals surface area contributed by atoms with Crippen LogP contribution >= 0.6 is 0 Å². The summed E-state index contributed by atoms with van der Waals surface area (Å²) in [6.07, 6.45) is 6.19. The van der Waals surface area contributed by atoms with E-state index in [0.717, 1.165) is 12.8 Å². The maximum Gasteiger partial charge on any atom is 0.410 e. The third-order valence-corrected chi connectivity index (χ3v) is 12.4. The van der Waals surface area contributed by atoms with Gasteiger partial charge in [0, 0.05) is 38.0 Å². The van der Waals surface area contributed by atoms with E-state index < -0.39 is 80.6 Å². The Morgan fingerprint density at radius 3 is 2.60 bits per heavy atom. The number of nitrogens with zero attached hydrogens (tertiary/aromatic N) is 3. The minimum Gasteiger partial charge on any atom is -0.444 e. The van der Waals surface area contributed by atoms with Crippen molar-refractivity contribution < 1.29 is 41.5 Å². The van der Waals surface area contributed by atoms with E-state index in [1.807, 2.05) is 26.0 Å². The quantitative estimate of drug-likeness (QED) is 0.358. The molecule has 0 aromatic heterocycles. The van der Waals surface area contributed by atoms with E-state index in [-0.39, 0.29) is 38.4 Å². The van der Waals surface area contributed by atoms with Gasteiger partial charge < -0.3 is 25.2 Å². The normalized spacial score (nSPS) is 28.4. The Morgan fingerprint density at radius 1 is 1.12 bits per heavy atom. The van der Waals surface area contributed by atoms with Crippen molar-refractivity contribution in [2.24, 2.45) is 11.8 Å². The molecular formula is C36H49FN6O8S. The van der Waals surface area contributed by atoms with Gasteiger partial charge in [-0.25, -0.2) is 22.4 Å². The van der Waals surface area contributed by atoms with Gasteiger partial charge in [-0.05, 0) is 56.1 Å². The van der Waals surface area contributed by atoms with E-state index in [2.05, 4.69) is 15.4 Å². The Kier molecular flexibility index (Phi) is 10.9. The minimum absolute atomic E-state index is 0.00836. The zero-order valence-electron chi connectivity index (χ0n) is 29.9. The lowest BCUT2D eigenvalue weighted by Gasteiger charge is -2.31. The number of nitrogens with one attached hydrogen (secondary N) is 3. The zero-order chi connectivity index (χ0) is 37.4. The fraction of sp³-hybridized carbons (Fsp3) is 0.639. The van der Waals surface area contributed by atoms with Gasteiger partial charge >= 0.3 is 12.1 Å². The molecule has 3 fully saturated rings. The molecular weight excluding hydrogens is 695 g/mol. The van der Waals surface area contributed by atoms with Crippen LogP contribution in [0.15, 0.2) is 30.4 Å². The number of sulfonamides is 1. The number of halogens is 1. The number of carbonyl (C=O) groups excluding carboxylic acids is 5. The summed E-state index contributed by atoms with van der Waals surface area (Å²) in [5, 5.41) is 5.02. The van der Waals surface area contributed by atoms with Gasteiger partial charge in [-0.2, -0.15) is 0 Å². The van der Waals surface area contributed by atoms with Crippen LogP contribution in [0.25, 0.3) is 0 Å². The number of hydrogen-bond donors (Lipinski definition) is 3. The van der Waals surface area contributed by atoms with E-state index >= 15 is 0 Å². The van der Waals surface area contributed by atoms with Crippen molar-refractivity contribution in [3.8, 4) is 0 Å². The number of hydrogen-bond acceptors (Lipinski definition) is 8. The standard InChI is InChI=1S/C36H49FN6O8S/c1-22(2)18-41(3)34(47)38-29-13-8-6-4-5-7-11-24-17-36(24,33(46)40-52(49,50)26-14-15-26)39-31(44)30-16-25(20-43(30)32(29)45)51-35(48)42-19-23-10-9-12-28(37)27(23)21-42/h7,9-12,22,24-26,29-30H,4-6,8,13-21H2,1-3H3,(H,38,47)(H,39,44)(H,40,46)/b11-7-/t24-,25-,29+,30+,36-/m1/s1. The molecule has 2 saturated carbocycles. The van der Waals surface area contributed by atoms with Crippen LogP contribution in [0.5, 0.6) is 0 Å². The molecule has 52 heavy (non-hydrogen) atoms. The van der Waals surface area contributed by atoms with Crippen LogP contribution in [0.4, 0.5) is 14.0 Å². The molecule has 0 radical (unpaired) electrons. The molecule has 2 aliphatic carbocycles.